The Balaban J connectivity index is 2.00. The molecule has 3 rings (SSSR count). The highest BCUT2D eigenvalue weighted by Crippen LogP contribution is 2.32. The minimum absolute atomic E-state index is 0.0551. The molecule has 1 N–H and O–H groups in total. The first-order valence-corrected chi connectivity index (χ1v) is 12.9. The van der Waals surface area contributed by atoms with E-state index in [4.69, 9.17) is 0 Å². The first-order chi connectivity index (χ1) is 14.6. The second-order valence-corrected chi connectivity index (χ2v) is 11.4. The van der Waals surface area contributed by atoms with Crippen molar-refractivity contribution in [2.75, 3.05) is 23.7 Å². The van der Waals surface area contributed by atoms with Gasteiger partial charge in [-0.2, -0.15) is 4.31 Å². The number of benzene rings is 1. The summed E-state index contributed by atoms with van der Waals surface area (Å²) in [5.74, 6) is -0.779. The lowest BCUT2D eigenvalue weighted by molar-refractivity contribution is -0.133. The zero-order valence-corrected chi connectivity index (χ0v) is 19.9. The third kappa shape index (κ3) is 5.12. The summed E-state index contributed by atoms with van der Waals surface area (Å²) in [6, 6.07) is 5.83. The normalized spacial score (nSPS) is 24.1. The van der Waals surface area contributed by atoms with Crippen molar-refractivity contribution >= 4 is 27.5 Å². The van der Waals surface area contributed by atoms with E-state index in [1.165, 1.54) is 22.0 Å². The maximum absolute atomic E-state index is 13.6. The van der Waals surface area contributed by atoms with Crippen LogP contribution in [0.2, 0.25) is 0 Å². The first-order valence-electron chi connectivity index (χ1n) is 11.3. The van der Waals surface area contributed by atoms with E-state index in [1.54, 1.807) is 13.8 Å². The summed E-state index contributed by atoms with van der Waals surface area (Å²) in [5.41, 5.74) is 1.27. The highest BCUT2D eigenvalue weighted by molar-refractivity contribution is 7.89. The van der Waals surface area contributed by atoms with Crippen LogP contribution >= 0.6 is 0 Å². The lowest BCUT2D eigenvalue weighted by Gasteiger charge is -2.47. The summed E-state index contributed by atoms with van der Waals surface area (Å²) >= 11 is 0. The second kappa shape index (κ2) is 9.28. The summed E-state index contributed by atoms with van der Waals surface area (Å²) in [6.45, 7) is 6.82. The van der Waals surface area contributed by atoms with Crippen LogP contribution in [0.25, 0.3) is 0 Å². The molecule has 2 fully saturated rings. The number of aryl methyl sites for hydroxylation is 2. The molecule has 0 radical (unpaired) electrons. The number of nitrogens with zero attached hydrogens (tertiary/aromatic N) is 2. The predicted molar refractivity (Wildman–Crippen MR) is 122 cm³/mol. The number of nitrogens with one attached hydrogen (secondary N) is 1. The molecule has 8 heteroatoms. The Kier molecular flexibility index (Phi) is 7.11. The molecule has 1 unspecified atom stereocenters. The monoisotopic (exact) mass is 449 g/mol. The van der Waals surface area contributed by atoms with Crippen LogP contribution in [0.3, 0.4) is 0 Å². The summed E-state index contributed by atoms with van der Waals surface area (Å²) in [4.78, 5) is 28.4. The quantitative estimate of drug-likeness (QED) is 0.701. The highest BCUT2D eigenvalue weighted by Gasteiger charge is 2.51. The molecule has 0 spiro atoms. The van der Waals surface area contributed by atoms with Gasteiger partial charge in [-0.25, -0.2) is 8.42 Å². The standard InChI is InChI=1S/C23H35N3O4S/c1-5-31(29,30)25-15-21(27)26(20-13-17(2)12-18(3)14-20)23(4,16-25)22(28)24-19-10-8-6-7-9-11-19/h12-14,19H,5-11,15-16H2,1-4H3,(H,24,28). The van der Waals surface area contributed by atoms with E-state index in [0.717, 1.165) is 36.8 Å². The number of hydrogen-bond acceptors (Lipinski definition) is 4. The molecule has 0 bridgehead atoms. The number of piperazine rings is 1. The van der Waals surface area contributed by atoms with Crippen LogP contribution in [0.15, 0.2) is 18.2 Å². The second-order valence-electron chi connectivity index (χ2n) is 9.18. The number of amides is 2. The van der Waals surface area contributed by atoms with E-state index >= 15 is 0 Å². The van der Waals surface area contributed by atoms with Crippen LogP contribution < -0.4 is 10.2 Å². The fraction of sp³-hybridized carbons (Fsp3) is 0.652. The zero-order valence-electron chi connectivity index (χ0n) is 19.1. The van der Waals surface area contributed by atoms with E-state index in [1.807, 2.05) is 32.0 Å². The van der Waals surface area contributed by atoms with E-state index in [9.17, 15) is 18.0 Å². The number of rotatable bonds is 5. The first kappa shape index (κ1) is 23.7. The van der Waals surface area contributed by atoms with E-state index in [2.05, 4.69) is 5.32 Å². The van der Waals surface area contributed by atoms with E-state index in [0.29, 0.717) is 5.69 Å². The molecule has 1 saturated heterocycles. The maximum Gasteiger partial charge on any atom is 0.247 e. The van der Waals surface area contributed by atoms with Gasteiger partial charge < -0.3 is 5.32 Å². The summed E-state index contributed by atoms with van der Waals surface area (Å²) in [6.07, 6.45) is 6.29. The Morgan fingerprint density at radius 2 is 1.68 bits per heavy atom. The molecule has 7 nitrogen and oxygen atoms in total. The minimum Gasteiger partial charge on any atom is -0.351 e. The minimum atomic E-state index is -3.61. The Morgan fingerprint density at radius 3 is 2.23 bits per heavy atom. The average molecular weight is 450 g/mol. The van der Waals surface area contributed by atoms with Crippen LogP contribution in [0.5, 0.6) is 0 Å². The van der Waals surface area contributed by atoms with Crippen LogP contribution in [0.1, 0.15) is 63.5 Å². The van der Waals surface area contributed by atoms with Crippen molar-refractivity contribution in [3.8, 4) is 0 Å². The average Bonchev–Trinajstić information content (AvgIpc) is 2.95. The predicted octanol–water partition coefficient (Wildman–Crippen LogP) is 2.90. The van der Waals surface area contributed by atoms with Crippen LogP contribution in [0.4, 0.5) is 5.69 Å². The SMILES string of the molecule is CCS(=O)(=O)N1CC(=O)N(c2cc(C)cc(C)c2)C(C)(C(=O)NC2CCCCCC2)C1. The molecule has 31 heavy (non-hydrogen) atoms. The van der Waals surface area contributed by atoms with E-state index in [-0.39, 0.29) is 36.7 Å². The molecule has 1 aliphatic carbocycles. The third-order valence-corrected chi connectivity index (χ3v) is 8.22. The number of hydrogen-bond donors (Lipinski definition) is 1. The van der Waals surface area contributed by atoms with Gasteiger partial charge in [0.05, 0.1) is 12.3 Å². The molecular formula is C23H35N3O4S. The number of carbonyl (C=O) groups is 2. The molecule has 172 valence electrons. The molecule has 0 aromatic heterocycles. The number of sulfonamides is 1. The van der Waals surface area contributed by atoms with Gasteiger partial charge in [0.25, 0.3) is 0 Å². The summed E-state index contributed by atoms with van der Waals surface area (Å²) in [5, 5.41) is 3.15. The van der Waals surface area contributed by atoms with Crippen molar-refractivity contribution in [2.24, 2.45) is 0 Å². The van der Waals surface area contributed by atoms with Crippen molar-refractivity contribution in [3.05, 3.63) is 29.3 Å². The zero-order chi connectivity index (χ0) is 22.8. The van der Waals surface area contributed by atoms with Gasteiger partial charge >= 0.3 is 0 Å². The lowest BCUT2D eigenvalue weighted by atomic mass is 9.93. The molecule has 2 aliphatic rings. The van der Waals surface area contributed by atoms with Gasteiger partial charge in [-0.15, -0.1) is 0 Å². The number of anilines is 1. The van der Waals surface area contributed by atoms with Gasteiger partial charge in [-0.05, 0) is 63.8 Å². The molecule has 1 aromatic carbocycles. The van der Waals surface area contributed by atoms with Crippen LogP contribution in [0, 0.1) is 13.8 Å². The Labute approximate surface area is 186 Å². The Morgan fingerprint density at radius 1 is 1.10 bits per heavy atom. The van der Waals surface area contributed by atoms with Crippen molar-refractivity contribution in [1.82, 2.24) is 9.62 Å². The van der Waals surface area contributed by atoms with Crippen LogP contribution in [-0.2, 0) is 19.6 Å². The van der Waals surface area contributed by atoms with Gasteiger partial charge in [-0.1, -0.05) is 31.7 Å². The topological polar surface area (TPSA) is 86.8 Å². The van der Waals surface area contributed by atoms with Gasteiger partial charge in [0.15, 0.2) is 0 Å². The number of carbonyl (C=O) groups excluding carboxylic acids is 2. The van der Waals surface area contributed by atoms with Crippen molar-refractivity contribution < 1.29 is 18.0 Å². The largest absolute Gasteiger partial charge is 0.351 e. The van der Waals surface area contributed by atoms with Crippen molar-refractivity contribution in [2.45, 2.75) is 77.8 Å². The Bertz CT molecular complexity index is 918. The van der Waals surface area contributed by atoms with Crippen LogP contribution in [-0.4, -0.2) is 55.0 Å². The smallest absolute Gasteiger partial charge is 0.247 e. The molecule has 1 heterocycles. The molecule has 1 aliphatic heterocycles. The maximum atomic E-state index is 13.6. The van der Waals surface area contributed by atoms with Gasteiger partial charge in [-0.3, -0.25) is 14.5 Å². The van der Waals surface area contributed by atoms with Gasteiger partial charge in [0.1, 0.15) is 5.54 Å². The van der Waals surface area contributed by atoms with E-state index < -0.39 is 15.6 Å². The molecule has 2 amide bonds. The van der Waals surface area contributed by atoms with Gasteiger partial charge in [0, 0.05) is 18.3 Å². The fourth-order valence-corrected chi connectivity index (χ4v) is 5.91. The molecule has 1 aromatic rings. The van der Waals surface area contributed by atoms with Crippen molar-refractivity contribution in [3.63, 3.8) is 0 Å². The lowest BCUT2D eigenvalue weighted by Crippen LogP contribution is -2.71. The summed E-state index contributed by atoms with van der Waals surface area (Å²) in [7, 11) is -3.61. The molecule has 1 saturated carbocycles. The Hall–Kier alpha value is -1.93. The summed E-state index contributed by atoms with van der Waals surface area (Å²) < 4.78 is 26.4. The third-order valence-electron chi connectivity index (χ3n) is 6.44. The molecular weight excluding hydrogens is 414 g/mol. The fourth-order valence-electron chi connectivity index (χ4n) is 4.79. The van der Waals surface area contributed by atoms with Gasteiger partial charge in [0.2, 0.25) is 21.8 Å². The van der Waals surface area contributed by atoms with Crippen molar-refractivity contribution in [1.29, 1.82) is 0 Å². The molecule has 1 atom stereocenters. The highest BCUT2D eigenvalue weighted by atomic mass is 32.2.